The van der Waals surface area contributed by atoms with Crippen LogP contribution in [0.1, 0.15) is 22.1 Å². The number of amides is 1. The lowest BCUT2D eigenvalue weighted by atomic mass is 10.3. The largest absolute Gasteiger partial charge is 0.436 e. The van der Waals surface area contributed by atoms with Crippen LogP contribution in [0.5, 0.6) is 0 Å². The van der Waals surface area contributed by atoms with Crippen LogP contribution in [0.2, 0.25) is 5.02 Å². The van der Waals surface area contributed by atoms with Gasteiger partial charge in [0.25, 0.3) is 5.91 Å². The van der Waals surface area contributed by atoms with Crippen molar-refractivity contribution in [2.75, 3.05) is 5.32 Å². The molecule has 1 heterocycles. The quantitative estimate of drug-likeness (QED) is 0.907. The molecule has 0 bridgehead atoms. The maximum absolute atomic E-state index is 12.0. The summed E-state index contributed by atoms with van der Waals surface area (Å²) in [5.41, 5.74) is 1.20. The number of halogens is 2. The summed E-state index contributed by atoms with van der Waals surface area (Å²) >= 11 is 9.17. The summed E-state index contributed by atoms with van der Waals surface area (Å²) in [5, 5.41) is 3.30. The molecule has 2 rings (SSSR count). The molecule has 2 aromatic rings. The molecule has 0 unspecified atom stereocenters. The molecule has 0 fully saturated rings. The van der Waals surface area contributed by atoms with E-state index >= 15 is 0 Å². The number of nitrogens with zero attached hydrogens (tertiary/aromatic N) is 1. The number of carbonyl (C=O) groups is 1. The van der Waals surface area contributed by atoms with Gasteiger partial charge in [0.2, 0.25) is 5.76 Å². The molecule has 0 aliphatic heterocycles. The van der Waals surface area contributed by atoms with Crippen molar-refractivity contribution in [2.45, 2.75) is 13.8 Å². The van der Waals surface area contributed by atoms with Gasteiger partial charge in [-0.3, -0.25) is 4.79 Å². The van der Waals surface area contributed by atoms with Crippen LogP contribution in [0.3, 0.4) is 0 Å². The highest BCUT2D eigenvalue weighted by Crippen LogP contribution is 2.26. The van der Waals surface area contributed by atoms with Gasteiger partial charge in [-0.25, -0.2) is 4.98 Å². The molecular weight excluding hydrogens is 320 g/mol. The highest BCUT2D eigenvalue weighted by molar-refractivity contribution is 9.10. The fourth-order valence-electron chi connectivity index (χ4n) is 1.50. The van der Waals surface area contributed by atoms with E-state index in [0.717, 1.165) is 0 Å². The Labute approximate surface area is 117 Å². The summed E-state index contributed by atoms with van der Waals surface area (Å²) in [4.78, 5) is 16.0. The van der Waals surface area contributed by atoms with Crippen LogP contribution >= 0.6 is 27.5 Å². The van der Waals surface area contributed by atoms with E-state index in [1.165, 1.54) is 0 Å². The lowest BCUT2D eigenvalue weighted by Gasteiger charge is -2.04. The number of benzene rings is 1. The highest BCUT2D eigenvalue weighted by Gasteiger charge is 2.16. The van der Waals surface area contributed by atoms with Gasteiger partial charge in [-0.1, -0.05) is 11.6 Å². The first kappa shape index (κ1) is 13.1. The van der Waals surface area contributed by atoms with Crippen molar-refractivity contribution in [1.29, 1.82) is 0 Å². The van der Waals surface area contributed by atoms with Crippen molar-refractivity contribution < 1.29 is 9.21 Å². The zero-order chi connectivity index (χ0) is 13.3. The molecular formula is C12H10BrClN2O2. The van der Waals surface area contributed by atoms with Crippen LogP contribution < -0.4 is 5.32 Å². The number of carbonyl (C=O) groups excluding carboxylic acids is 1. The van der Waals surface area contributed by atoms with Gasteiger partial charge in [0.1, 0.15) is 0 Å². The van der Waals surface area contributed by atoms with E-state index in [-0.39, 0.29) is 11.7 Å². The van der Waals surface area contributed by atoms with Crippen LogP contribution in [-0.2, 0) is 0 Å². The number of aromatic nitrogens is 1. The van der Waals surface area contributed by atoms with Crippen molar-refractivity contribution in [2.24, 2.45) is 0 Å². The Morgan fingerprint density at radius 2 is 2.17 bits per heavy atom. The molecule has 0 spiro atoms. The molecule has 0 aliphatic carbocycles. The molecule has 18 heavy (non-hydrogen) atoms. The lowest BCUT2D eigenvalue weighted by Crippen LogP contribution is -2.12. The number of oxazole rings is 1. The Bertz CT molecular complexity index is 610. The molecule has 0 radical (unpaired) electrons. The third kappa shape index (κ3) is 2.73. The summed E-state index contributed by atoms with van der Waals surface area (Å²) in [7, 11) is 0. The fourth-order valence-corrected chi connectivity index (χ4v) is 2.00. The predicted molar refractivity (Wildman–Crippen MR) is 73.1 cm³/mol. The number of aryl methyl sites for hydroxylation is 2. The van der Waals surface area contributed by atoms with E-state index in [1.807, 2.05) is 0 Å². The van der Waals surface area contributed by atoms with E-state index < -0.39 is 0 Å². The van der Waals surface area contributed by atoms with Gasteiger partial charge in [0, 0.05) is 17.1 Å². The molecule has 1 N–H and O–H groups in total. The van der Waals surface area contributed by atoms with Crippen LogP contribution in [0, 0.1) is 13.8 Å². The number of anilines is 1. The molecule has 1 aromatic heterocycles. The average Bonchev–Trinajstić information content (AvgIpc) is 2.63. The second-order valence-corrected chi connectivity index (χ2v) is 4.99. The minimum atomic E-state index is -0.331. The van der Waals surface area contributed by atoms with Gasteiger partial charge in [-0.05, 0) is 41.1 Å². The van der Waals surface area contributed by atoms with Gasteiger partial charge < -0.3 is 9.73 Å². The summed E-state index contributed by atoms with van der Waals surface area (Å²) in [6.07, 6.45) is 0. The van der Waals surface area contributed by atoms with Crippen LogP contribution in [-0.4, -0.2) is 10.9 Å². The number of hydrogen-bond donors (Lipinski definition) is 1. The molecule has 6 heteroatoms. The number of rotatable bonds is 2. The van der Waals surface area contributed by atoms with E-state index in [1.54, 1.807) is 32.0 Å². The van der Waals surface area contributed by atoms with Gasteiger partial charge in [-0.2, -0.15) is 0 Å². The third-order valence-corrected chi connectivity index (χ3v) is 3.50. The van der Waals surface area contributed by atoms with Crippen molar-refractivity contribution in [3.8, 4) is 0 Å². The normalized spacial score (nSPS) is 10.4. The molecule has 0 saturated heterocycles. The van der Waals surface area contributed by atoms with Crippen molar-refractivity contribution in [1.82, 2.24) is 4.98 Å². The van der Waals surface area contributed by atoms with E-state index in [9.17, 15) is 4.79 Å². The van der Waals surface area contributed by atoms with E-state index in [0.29, 0.717) is 26.8 Å². The Morgan fingerprint density at radius 1 is 1.44 bits per heavy atom. The molecule has 0 aliphatic rings. The topological polar surface area (TPSA) is 55.1 Å². The van der Waals surface area contributed by atoms with Crippen molar-refractivity contribution >= 4 is 39.1 Å². The monoisotopic (exact) mass is 328 g/mol. The Morgan fingerprint density at radius 3 is 2.72 bits per heavy atom. The first-order valence-electron chi connectivity index (χ1n) is 5.18. The first-order valence-corrected chi connectivity index (χ1v) is 6.35. The summed E-state index contributed by atoms with van der Waals surface area (Å²) in [6.45, 7) is 3.42. The maximum atomic E-state index is 12.0. The molecule has 94 valence electrons. The number of hydrogen-bond acceptors (Lipinski definition) is 3. The zero-order valence-electron chi connectivity index (χ0n) is 9.75. The Balaban J connectivity index is 2.21. The summed E-state index contributed by atoms with van der Waals surface area (Å²) < 4.78 is 5.96. The smallest absolute Gasteiger partial charge is 0.293 e. The minimum absolute atomic E-state index is 0.221. The lowest BCUT2D eigenvalue weighted by molar-refractivity contribution is 0.0994. The van der Waals surface area contributed by atoms with Gasteiger partial charge in [0.15, 0.2) is 5.89 Å². The second kappa shape index (κ2) is 5.12. The fraction of sp³-hybridized carbons (Fsp3) is 0.167. The van der Waals surface area contributed by atoms with Gasteiger partial charge in [0.05, 0.1) is 10.7 Å². The molecule has 0 saturated carbocycles. The maximum Gasteiger partial charge on any atom is 0.293 e. The molecule has 1 aromatic carbocycles. The predicted octanol–water partition coefficient (Wildman–Crippen LogP) is 3.96. The SMILES string of the molecule is Cc1nc(C)c(C(=O)Nc2ccc(Cl)c(Br)c2)o1. The van der Waals surface area contributed by atoms with Crippen LogP contribution in [0.15, 0.2) is 27.1 Å². The molecule has 1 amide bonds. The first-order chi connectivity index (χ1) is 8.47. The number of nitrogens with one attached hydrogen (secondary N) is 1. The van der Waals surface area contributed by atoms with Crippen LogP contribution in [0.25, 0.3) is 0 Å². The molecule has 0 atom stereocenters. The Hall–Kier alpha value is -1.33. The second-order valence-electron chi connectivity index (χ2n) is 3.73. The van der Waals surface area contributed by atoms with Crippen molar-refractivity contribution in [3.63, 3.8) is 0 Å². The summed E-state index contributed by atoms with van der Waals surface area (Å²) in [6, 6.07) is 5.13. The van der Waals surface area contributed by atoms with Gasteiger partial charge >= 0.3 is 0 Å². The van der Waals surface area contributed by atoms with Crippen molar-refractivity contribution in [3.05, 3.63) is 45.0 Å². The highest BCUT2D eigenvalue weighted by atomic mass is 79.9. The Kier molecular flexibility index (Phi) is 3.73. The zero-order valence-corrected chi connectivity index (χ0v) is 12.1. The molecule has 4 nitrogen and oxygen atoms in total. The van der Waals surface area contributed by atoms with E-state index in [2.05, 4.69) is 26.2 Å². The minimum Gasteiger partial charge on any atom is -0.436 e. The van der Waals surface area contributed by atoms with Gasteiger partial charge in [-0.15, -0.1) is 0 Å². The third-order valence-electron chi connectivity index (χ3n) is 2.29. The average molecular weight is 330 g/mol. The van der Waals surface area contributed by atoms with E-state index in [4.69, 9.17) is 16.0 Å². The summed E-state index contributed by atoms with van der Waals surface area (Å²) in [5.74, 6) is 0.357. The standard InChI is InChI=1S/C12H10BrClN2O2/c1-6-11(18-7(2)15-6)12(17)16-8-3-4-10(14)9(13)5-8/h3-5H,1-2H3,(H,16,17). The van der Waals surface area contributed by atoms with Crippen LogP contribution in [0.4, 0.5) is 5.69 Å².